The van der Waals surface area contributed by atoms with Gasteiger partial charge >= 0.3 is 0 Å². The molecule has 5 nitrogen and oxygen atoms in total. The van der Waals surface area contributed by atoms with E-state index in [-0.39, 0.29) is 5.57 Å². The lowest BCUT2D eigenvalue weighted by molar-refractivity contribution is -0.112. The number of carbonyl (C=O) groups excluding carboxylic acids is 1. The van der Waals surface area contributed by atoms with Crippen LogP contribution in [0.1, 0.15) is 29.2 Å². The first-order chi connectivity index (χ1) is 15.9. The zero-order chi connectivity index (χ0) is 23.8. The summed E-state index contributed by atoms with van der Waals surface area (Å²) in [6.45, 7) is 6.72. The van der Waals surface area contributed by atoms with Gasteiger partial charge in [0.05, 0.1) is 10.2 Å². The first-order valence-electron chi connectivity index (χ1n) is 10.5. The Morgan fingerprint density at radius 1 is 1.09 bits per heavy atom. The Morgan fingerprint density at radius 2 is 1.88 bits per heavy atom. The van der Waals surface area contributed by atoms with E-state index in [4.69, 9.17) is 9.47 Å². The second kappa shape index (κ2) is 11.5. The van der Waals surface area contributed by atoms with Crippen molar-refractivity contribution in [3.8, 4) is 17.6 Å². The number of rotatable bonds is 8. The molecule has 0 bridgehead atoms. The van der Waals surface area contributed by atoms with Crippen LogP contribution in [0.25, 0.3) is 6.08 Å². The standard InChI is InChI=1S/C27H25IN2O3/c1-4-32-25-15-21(13-22(16-29)27(31)30-24-11-6-5-9-19(24)3)14-23(28)26(25)33-17-20-10-7-8-18(2)12-20/h5-15H,4,17H2,1-3H3,(H,30,31)/b22-13+. The summed E-state index contributed by atoms with van der Waals surface area (Å²) in [6, 6.07) is 21.2. The lowest BCUT2D eigenvalue weighted by Crippen LogP contribution is -2.14. The second-order valence-corrected chi connectivity index (χ2v) is 8.64. The van der Waals surface area contributed by atoms with Crippen molar-refractivity contribution >= 4 is 40.3 Å². The van der Waals surface area contributed by atoms with Gasteiger partial charge in [-0.3, -0.25) is 4.79 Å². The Balaban J connectivity index is 1.86. The third kappa shape index (κ3) is 6.59. The first kappa shape index (κ1) is 24.3. The van der Waals surface area contributed by atoms with Gasteiger partial charge in [0.25, 0.3) is 5.91 Å². The summed E-state index contributed by atoms with van der Waals surface area (Å²) in [4.78, 5) is 12.7. The molecule has 0 saturated carbocycles. The maximum absolute atomic E-state index is 12.7. The van der Waals surface area contributed by atoms with Crippen molar-refractivity contribution in [3.05, 3.63) is 92.1 Å². The topological polar surface area (TPSA) is 71.3 Å². The number of halogens is 1. The molecule has 1 amide bonds. The molecule has 0 unspecified atom stereocenters. The Labute approximate surface area is 208 Å². The van der Waals surface area contributed by atoms with Crippen molar-refractivity contribution in [1.82, 2.24) is 0 Å². The normalized spacial score (nSPS) is 10.9. The quantitative estimate of drug-likeness (QED) is 0.199. The van der Waals surface area contributed by atoms with Crippen LogP contribution in [-0.2, 0) is 11.4 Å². The number of anilines is 1. The van der Waals surface area contributed by atoms with Crippen LogP contribution in [0, 0.1) is 28.7 Å². The van der Waals surface area contributed by atoms with E-state index in [2.05, 4.69) is 34.0 Å². The molecule has 0 aliphatic carbocycles. The average molecular weight is 552 g/mol. The van der Waals surface area contributed by atoms with Crippen LogP contribution in [0.5, 0.6) is 11.5 Å². The van der Waals surface area contributed by atoms with Crippen LogP contribution in [0.4, 0.5) is 5.69 Å². The van der Waals surface area contributed by atoms with E-state index in [1.54, 1.807) is 18.2 Å². The van der Waals surface area contributed by atoms with Crippen LogP contribution in [0.15, 0.2) is 66.2 Å². The number of ether oxygens (including phenoxy) is 2. The lowest BCUT2D eigenvalue weighted by Gasteiger charge is -2.15. The smallest absolute Gasteiger partial charge is 0.266 e. The van der Waals surface area contributed by atoms with Crippen LogP contribution >= 0.6 is 22.6 Å². The Bertz CT molecular complexity index is 1230. The van der Waals surface area contributed by atoms with Gasteiger partial charge in [-0.1, -0.05) is 48.0 Å². The Hall–Kier alpha value is -3.31. The molecule has 0 fully saturated rings. The molecule has 0 aromatic heterocycles. The molecule has 0 radical (unpaired) electrons. The van der Waals surface area contributed by atoms with Crippen LogP contribution in [0.3, 0.4) is 0 Å². The number of aryl methyl sites for hydroxylation is 2. The predicted octanol–water partition coefficient (Wildman–Crippen LogP) is 6.43. The highest BCUT2D eigenvalue weighted by Crippen LogP contribution is 2.35. The maximum Gasteiger partial charge on any atom is 0.266 e. The summed E-state index contributed by atoms with van der Waals surface area (Å²) < 4.78 is 12.7. The van der Waals surface area contributed by atoms with Gasteiger partial charge in [0, 0.05) is 5.69 Å². The van der Waals surface area contributed by atoms with Crippen molar-refractivity contribution in [1.29, 1.82) is 5.26 Å². The molecule has 0 spiro atoms. The van der Waals surface area contributed by atoms with Gasteiger partial charge in [-0.25, -0.2) is 0 Å². The molecule has 3 rings (SSSR count). The highest BCUT2D eigenvalue weighted by molar-refractivity contribution is 14.1. The number of carbonyl (C=O) groups is 1. The monoisotopic (exact) mass is 552 g/mol. The molecular weight excluding hydrogens is 527 g/mol. The van der Waals surface area contributed by atoms with Crippen molar-refractivity contribution in [2.24, 2.45) is 0 Å². The summed E-state index contributed by atoms with van der Waals surface area (Å²) in [5, 5.41) is 12.4. The summed E-state index contributed by atoms with van der Waals surface area (Å²) in [5.41, 5.74) is 4.52. The molecule has 3 aromatic carbocycles. The molecular formula is C27H25IN2O3. The highest BCUT2D eigenvalue weighted by Gasteiger charge is 2.15. The number of amides is 1. The lowest BCUT2D eigenvalue weighted by atomic mass is 10.1. The first-order valence-corrected chi connectivity index (χ1v) is 11.6. The minimum atomic E-state index is -0.459. The summed E-state index contributed by atoms with van der Waals surface area (Å²) in [7, 11) is 0. The van der Waals surface area contributed by atoms with Crippen LogP contribution < -0.4 is 14.8 Å². The fourth-order valence-electron chi connectivity index (χ4n) is 3.25. The third-order valence-corrected chi connectivity index (χ3v) is 5.67. The van der Waals surface area contributed by atoms with E-state index in [1.807, 2.05) is 69.3 Å². The van der Waals surface area contributed by atoms with E-state index in [1.165, 1.54) is 5.56 Å². The van der Waals surface area contributed by atoms with Crippen LogP contribution in [-0.4, -0.2) is 12.5 Å². The van der Waals surface area contributed by atoms with Gasteiger partial charge in [-0.2, -0.15) is 5.26 Å². The van der Waals surface area contributed by atoms with Crippen LogP contribution in [0.2, 0.25) is 0 Å². The molecule has 0 heterocycles. The fraction of sp³-hybridized carbons (Fsp3) is 0.185. The SMILES string of the molecule is CCOc1cc(/C=C(\C#N)C(=O)Nc2ccccc2C)cc(I)c1OCc1cccc(C)c1. The summed E-state index contributed by atoms with van der Waals surface area (Å²) >= 11 is 2.18. The van der Waals surface area contributed by atoms with Gasteiger partial charge < -0.3 is 14.8 Å². The molecule has 0 aliphatic rings. The van der Waals surface area contributed by atoms with Crippen molar-refractivity contribution in [2.75, 3.05) is 11.9 Å². The molecule has 168 valence electrons. The number of hydrogen-bond acceptors (Lipinski definition) is 4. The molecule has 0 aliphatic heterocycles. The van der Waals surface area contributed by atoms with E-state index >= 15 is 0 Å². The van der Waals surface area contributed by atoms with Crippen molar-refractivity contribution in [3.63, 3.8) is 0 Å². The van der Waals surface area contributed by atoms with Gasteiger partial charge in [0.15, 0.2) is 11.5 Å². The average Bonchev–Trinajstić information content (AvgIpc) is 2.78. The molecule has 3 aromatic rings. The zero-order valence-electron chi connectivity index (χ0n) is 18.8. The molecule has 33 heavy (non-hydrogen) atoms. The predicted molar refractivity (Wildman–Crippen MR) is 139 cm³/mol. The Morgan fingerprint density at radius 3 is 2.58 bits per heavy atom. The minimum Gasteiger partial charge on any atom is -0.490 e. The highest BCUT2D eigenvalue weighted by atomic mass is 127. The zero-order valence-corrected chi connectivity index (χ0v) is 21.0. The summed E-state index contributed by atoms with van der Waals surface area (Å²) in [6.07, 6.45) is 1.56. The molecule has 0 saturated heterocycles. The molecule has 0 atom stereocenters. The van der Waals surface area contributed by atoms with Crippen molar-refractivity contribution < 1.29 is 14.3 Å². The van der Waals surface area contributed by atoms with E-state index in [0.717, 1.165) is 14.7 Å². The number of nitrogens with one attached hydrogen (secondary N) is 1. The fourth-order valence-corrected chi connectivity index (χ4v) is 4.03. The number of nitrogens with zero attached hydrogens (tertiary/aromatic N) is 1. The third-order valence-electron chi connectivity index (χ3n) is 4.87. The van der Waals surface area contributed by atoms with Gasteiger partial charge in [0.2, 0.25) is 0 Å². The number of hydrogen-bond donors (Lipinski definition) is 1. The largest absolute Gasteiger partial charge is 0.490 e. The van der Waals surface area contributed by atoms with E-state index in [0.29, 0.717) is 36.0 Å². The minimum absolute atomic E-state index is 0.00457. The summed E-state index contributed by atoms with van der Waals surface area (Å²) in [5.74, 6) is 0.749. The van der Waals surface area contributed by atoms with Crippen molar-refractivity contribution in [2.45, 2.75) is 27.4 Å². The van der Waals surface area contributed by atoms with E-state index < -0.39 is 5.91 Å². The number of benzene rings is 3. The molecule has 6 heteroatoms. The van der Waals surface area contributed by atoms with E-state index in [9.17, 15) is 10.1 Å². The Kier molecular flexibility index (Phi) is 8.50. The van der Waals surface area contributed by atoms with Gasteiger partial charge in [-0.15, -0.1) is 0 Å². The second-order valence-electron chi connectivity index (χ2n) is 7.48. The molecule has 1 N–H and O–H groups in total. The number of nitriles is 1. The van der Waals surface area contributed by atoms with Gasteiger partial charge in [-0.05, 0) is 84.3 Å². The number of para-hydroxylation sites is 1. The van der Waals surface area contributed by atoms with Gasteiger partial charge in [0.1, 0.15) is 18.2 Å². The maximum atomic E-state index is 12.7.